The highest BCUT2D eigenvalue weighted by Gasteiger charge is 2.32. The summed E-state index contributed by atoms with van der Waals surface area (Å²) in [5.74, 6) is 0.0544. The fourth-order valence-electron chi connectivity index (χ4n) is 3.61. The first-order valence-electron chi connectivity index (χ1n) is 8.29. The van der Waals surface area contributed by atoms with Crippen LogP contribution in [0.1, 0.15) is 51.6 Å². The van der Waals surface area contributed by atoms with Gasteiger partial charge in [0.2, 0.25) is 0 Å². The SMILES string of the molecule is CCC1c2ccsc2CCN1C(=O)c1cnc2cc(C)nn2c1C. The lowest BCUT2D eigenvalue weighted by Crippen LogP contribution is -2.39. The number of amides is 1. The summed E-state index contributed by atoms with van der Waals surface area (Å²) in [6.45, 7) is 6.78. The molecule has 0 N–H and O–H groups in total. The summed E-state index contributed by atoms with van der Waals surface area (Å²) in [4.78, 5) is 21.1. The zero-order valence-corrected chi connectivity index (χ0v) is 14.9. The number of hydrogen-bond donors (Lipinski definition) is 0. The maximum atomic E-state index is 13.2. The van der Waals surface area contributed by atoms with E-state index in [1.165, 1.54) is 10.4 Å². The lowest BCUT2D eigenvalue weighted by molar-refractivity contribution is 0.0655. The molecule has 1 aliphatic rings. The van der Waals surface area contributed by atoms with Gasteiger partial charge in [-0.3, -0.25) is 4.79 Å². The predicted molar refractivity (Wildman–Crippen MR) is 94.6 cm³/mol. The summed E-state index contributed by atoms with van der Waals surface area (Å²) in [6, 6.07) is 4.25. The number of aryl methyl sites for hydroxylation is 2. The largest absolute Gasteiger partial charge is 0.331 e. The van der Waals surface area contributed by atoms with Crippen LogP contribution < -0.4 is 0 Å². The van der Waals surface area contributed by atoms with Gasteiger partial charge >= 0.3 is 0 Å². The molecule has 6 heteroatoms. The van der Waals surface area contributed by atoms with E-state index in [4.69, 9.17) is 0 Å². The maximum absolute atomic E-state index is 13.2. The first-order valence-corrected chi connectivity index (χ1v) is 9.17. The zero-order valence-electron chi connectivity index (χ0n) is 14.1. The number of fused-ring (bicyclic) bond motifs is 2. The van der Waals surface area contributed by atoms with Crippen molar-refractivity contribution < 1.29 is 4.79 Å². The first kappa shape index (κ1) is 15.3. The molecule has 3 aromatic rings. The third-order valence-corrected chi connectivity index (χ3v) is 5.82. The van der Waals surface area contributed by atoms with Gasteiger partial charge in [0.05, 0.1) is 23.0 Å². The van der Waals surface area contributed by atoms with Crippen molar-refractivity contribution in [2.45, 2.75) is 39.7 Å². The van der Waals surface area contributed by atoms with Crippen LogP contribution in [-0.2, 0) is 6.42 Å². The Morgan fingerprint density at radius 1 is 1.42 bits per heavy atom. The van der Waals surface area contributed by atoms with E-state index >= 15 is 0 Å². The minimum Gasteiger partial charge on any atom is -0.331 e. The van der Waals surface area contributed by atoms with Crippen LogP contribution in [0.5, 0.6) is 0 Å². The molecule has 0 aromatic carbocycles. The van der Waals surface area contributed by atoms with E-state index in [0.717, 1.165) is 36.4 Å². The Balaban J connectivity index is 1.75. The Labute approximate surface area is 144 Å². The third-order valence-electron chi connectivity index (χ3n) is 4.82. The summed E-state index contributed by atoms with van der Waals surface area (Å²) < 4.78 is 1.77. The molecule has 24 heavy (non-hydrogen) atoms. The molecule has 1 amide bonds. The Bertz CT molecular complexity index is 926. The van der Waals surface area contributed by atoms with E-state index in [9.17, 15) is 4.79 Å². The highest BCUT2D eigenvalue weighted by Crippen LogP contribution is 2.36. The van der Waals surface area contributed by atoms with Gasteiger partial charge in [-0.05, 0) is 43.7 Å². The fourth-order valence-corrected chi connectivity index (χ4v) is 4.54. The quantitative estimate of drug-likeness (QED) is 0.717. The monoisotopic (exact) mass is 340 g/mol. The average molecular weight is 340 g/mol. The minimum absolute atomic E-state index is 0.0544. The summed E-state index contributed by atoms with van der Waals surface area (Å²) in [7, 11) is 0. The number of nitrogens with zero attached hydrogens (tertiary/aromatic N) is 4. The molecule has 1 unspecified atom stereocenters. The molecule has 0 radical (unpaired) electrons. The predicted octanol–water partition coefficient (Wildman–Crippen LogP) is 3.56. The number of thiophene rings is 1. The van der Waals surface area contributed by atoms with Gasteiger partial charge in [-0.25, -0.2) is 9.50 Å². The van der Waals surface area contributed by atoms with Crippen LogP contribution in [0.15, 0.2) is 23.7 Å². The van der Waals surface area contributed by atoms with E-state index in [1.807, 2.05) is 24.8 Å². The van der Waals surface area contributed by atoms with Crippen LogP contribution in [-0.4, -0.2) is 31.9 Å². The van der Waals surface area contributed by atoms with Gasteiger partial charge < -0.3 is 4.90 Å². The number of rotatable bonds is 2. The fraction of sp³-hybridized carbons (Fsp3) is 0.389. The second kappa shape index (κ2) is 5.70. The Hall–Kier alpha value is -2.21. The van der Waals surface area contributed by atoms with Gasteiger partial charge in [0.15, 0.2) is 5.65 Å². The van der Waals surface area contributed by atoms with E-state index in [0.29, 0.717) is 5.56 Å². The third kappa shape index (κ3) is 2.24. The molecule has 1 aliphatic heterocycles. The van der Waals surface area contributed by atoms with Crippen molar-refractivity contribution in [2.24, 2.45) is 0 Å². The van der Waals surface area contributed by atoms with Gasteiger partial charge in [-0.2, -0.15) is 5.10 Å². The Kier molecular flexibility index (Phi) is 3.64. The van der Waals surface area contributed by atoms with Crippen molar-refractivity contribution in [1.29, 1.82) is 0 Å². The van der Waals surface area contributed by atoms with Crippen LogP contribution >= 0.6 is 11.3 Å². The van der Waals surface area contributed by atoms with E-state index < -0.39 is 0 Å². The molecule has 0 bridgehead atoms. The van der Waals surface area contributed by atoms with E-state index in [2.05, 4.69) is 28.5 Å². The van der Waals surface area contributed by atoms with Crippen molar-refractivity contribution in [2.75, 3.05) is 6.54 Å². The second-order valence-corrected chi connectivity index (χ2v) is 7.29. The lowest BCUT2D eigenvalue weighted by atomic mass is 9.97. The molecule has 4 heterocycles. The number of carbonyl (C=O) groups excluding carboxylic acids is 1. The van der Waals surface area contributed by atoms with Crippen LogP contribution in [0.2, 0.25) is 0 Å². The highest BCUT2D eigenvalue weighted by atomic mass is 32.1. The van der Waals surface area contributed by atoms with Crippen LogP contribution in [0, 0.1) is 13.8 Å². The molecule has 5 nitrogen and oxygen atoms in total. The molecule has 1 atom stereocenters. The highest BCUT2D eigenvalue weighted by molar-refractivity contribution is 7.10. The summed E-state index contributed by atoms with van der Waals surface area (Å²) in [5, 5.41) is 6.58. The molecule has 0 saturated carbocycles. The zero-order chi connectivity index (χ0) is 16.8. The van der Waals surface area contributed by atoms with Crippen LogP contribution in [0.25, 0.3) is 5.65 Å². The van der Waals surface area contributed by atoms with E-state index in [1.54, 1.807) is 22.0 Å². The van der Waals surface area contributed by atoms with Gasteiger partial charge in [0.1, 0.15) is 0 Å². The number of carbonyl (C=O) groups is 1. The smallest absolute Gasteiger partial charge is 0.257 e. The summed E-state index contributed by atoms with van der Waals surface area (Å²) >= 11 is 1.80. The van der Waals surface area contributed by atoms with Gasteiger partial charge in [-0.15, -0.1) is 11.3 Å². The minimum atomic E-state index is 0.0544. The van der Waals surface area contributed by atoms with Crippen LogP contribution in [0.4, 0.5) is 0 Å². The van der Waals surface area contributed by atoms with Crippen molar-refractivity contribution >= 4 is 22.9 Å². The number of hydrogen-bond acceptors (Lipinski definition) is 4. The average Bonchev–Trinajstić information content (AvgIpc) is 3.19. The first-order chi connectivity index (χ1) is 11.6. The second-order valence-electron chi connectivity index (χ2n) is 6.28. The van der Waals surface area contributed by atoms with Gasteiger partial charge in [0, 0.05) is 23.7 Å². The maximum Gasteiger partial charge on any atom is 0.257 e. The standard InChI is InChI=1S/C18H20N4OS/c1-4-15-13-6-8-24-16(13)5-7-21(15)18(23)14-10-19-17-9-11(2)20-22(17)12(14)3/h6,8-10,15H,4-5,7H2,1-3H3. The molecule has 0 spiro atoms. The molecule has 0 fully saturated rings. The Morgan fingerprint density at radius 3 is 3.04 bits per heavy atom. The molecule has 0 saturated heterocycles. The number of aromatic nitrogens is 3. The molecule has 4 rings (SSSR count). The van der Waals surface area contributed by atoms with Crippen molar-refractivity contribution in [3.05, 3.63) is 51.1 Å². The summed E-state index contributed by atoms with van der Waals surface area (Å²) in [6.07, 6.45) is 3.56. The van der Waals surface area contributed by atoms with Gasteiger partial charge in [0.25, 0.3) is 5.91 Å². The molecule has 3 aromatic heterocycles. The normalized spacial score (nSPS) is 17.3. The molecular formula is C18H20N4OS. The molecule has 0 aliphatic carbocycles. The topological polar surface area (TPSA) is 50.5 Å². The van der Waals surface area contributed by atoms with Crippen molar-refractivity contribution in [3.63, 3.8) is 0 Å². The van der Waals surface area contributed by atoms with Gasteiger partial charge in [-0.1, -0.05) is 6.92 Å². The van der Waals surface area contributed by atoms with Crippen molar-refractivity contribution in [1.82, 2.24) is 19.5 Å². The summed E-state index contributed by atoms with van der Waals surface area (Å²) in [5.41, 5.74) is 4.49. The lowest BCUT2D eigenvalue weighted by Gasteiger charge is -2.35. The molecular weight excluding hydrogens is 320 g/mol. The molecule has 124 valence electrons. The van der Waals surface area contributed by atoms with Crippen LogP contribution in [0.3, 0.4) is 0 Å². The Morgan fingerprint density at radius 2 is 2.25 bits per heavy atom. The van der Waals surface area contributed by atoms with E-state index in [-0.39, 0.29) is 11.9 Å². The van der Waals surface area contributed by atoms with Crippen molar-refractivity contribution in [3.8, 4) is 0 Å².